The second-order valence-electron chi connectivity index (χ2n) is 14.3. The number of fused-ring (bicyclic) bond motifs is 8. The molecule has 0 spiro atoms. The van der Waals surface area contributed by atoms with E-state index in [-0.39, 0.29) is 22.5 Å². The van der Waals surface area contributed by atoms with Crippen LogP contribution in [0.5, 0.6) is 11.5 Å². The van der Waals surface area contributed by atoms with Crippen LogP contribution in [0.4, 0.5) is 8.78 Å². The molecule has 4 bridgehead atoms. The number of hydrogen-bond acceptors (Lipinski definition) is 5. The molecule has 3 unspecified atom stereocenters. The van der Waals surface area contributed by atoms with E-state index in [1.807, 2.05) is 30.3 Å². The molecular weight excluding hydrogens is 647 g/mol. The Balaban J connectivity index is 1.48. The number of halogens is 2. The van der Waals surface area contributed by atoms with Crippen molar-refractivity contribution < 1.29 is 27.6 Å². The largest absolute Gasteiger partial charge is 0.481 e. The fourth-order valence-electron chi connectivity index (χ4n) is 6.88. The van der Waals surface area contributed by atoms with Crippen molar-refractivity contribution in [3.05, 3.63) is 94.9 Å². The van der Waals surface area contributed by atoms with Crippen LogP contribution < -0.4 is 4.74 Å². The number of nitrogens with zero attached hydrogens (tertiary/aromatic N) is 3. The fraction of sp³-hybridized carbons (Fsp3) is 0.395. The molecular formula is C38H42F2N4O4S. The maximum atomic E-state index is 15.7. The highest BCUT2D eigenvalue weighted by Crippen LogP contribution is 2.41. The molecule has 0 saturated carbocycles. The Morgan fingerprint density at radius 1 is 1.10 bits per heavy atom. The van der Waals surface area contributed by atoms with E-state index < -0.39 is 39.7 Å². The second kappa shape index (κ2) is 13.5. The van der Waals surface area contributed by atoms with Gasteiger partial charge in [-0.3, -0.25) is 9.00 Å². The molecule has 1 aliphatic rings. The van der Waals surface area contributed by atoms with Crippen LogP contribution in [-0.2, 0) is 40.9 Å². The third-order valence-electron chi connectivity index (χ3n) is 9.71. The number of H-pyrrole nitrogens is 1. The van der Waals surface area contributed by atoms with Crippen molar-refractivity contribution in [2.24, 2.45) is 18.4 Å². The third-order valence-corrected chi connectivity index (χ3v) is 11.5. The minimum absolute atomic E-state index is 0.0189. The first kappa shape index (κ1) is 34.5. The average Bonchev–Trinajstić information content (AvgIpc) is 3.67. The zero-order valence-electron chi connectivity index (χ0n) is 28.5. The lowest BCUT2D eigenvalue weighted by atomic mass is 9.75. The summed E-state index contributed by atoms with van der Waals surface area (Å²) in [5.41, 5.74) is 2.21. The van der Waals surface area contributed by atoms with Gasteiger partial charge in [0.25, 0.3) is 0 Å². The summed E-state index contributed by atoms with van der Waals surface area (Å²) < 4.78 is 52.5. The van der Waals surface area contributed by atoms with Gasteiger partial charge in [-0.2, -0.15) is 5.10 Å². The first-order chi connectivity index (χ1) is 23.2. The molecule has 3 heterocycles. The molecule has 258 valence electrons. The van der Waals surface area contributed by atoms with Crippen molar-refractivity contribution in [3.8, 4) is 22.9 Å². The van der Waals surface area contributed by atoms with Gasteiger partial charge in [0.2, 0.25) is 0 Å². The van der Waals surface area contributed by atoms with Crippen LogP contribution in [0.3, 0.4) is 0 Å². The van der Waals surface area contributed by atoms with Gasteiger partial charge in [0.1, 0.15) is 11.6 Å². The van der Waals surface area contributed by atoms with E-state index >= 15 is 8.78 Å². The number of benzene rings is 3. The Bertz CT molecular complexity index is 2050. The quantitative estimate of drug-likeness (QED) is 0.198. The number of aliphatic carboxylic acids is 1. The summed E-state index contributed by atoms with van der Waals surface area (Å²) in [6, 6.07) is 15.3. The smallest absolute Gasteiger partial charge is 0.306 e. The summed E-state index contributed by atoms with van der Waals surface area (Å²) in [5.74, 6) is -0.694. The van der Waals surface area contributed by atoms with E-state index in [9.17, 15) is 14.1 Å². The predicted octanol–water partition coefficient (Wildman–Crippen LogP) is 8.10. The van der Waals surface area contributed by atoms with Gasteiger partial charge in [-0.15, -0.1) is 0 Å². The number of carbonyl (C=O) groups is 1. The Morgan fingerprint density at radius 3 is 2.67 bits per heavy atom. The summed E-state index contributed by atoms with van der Waals surface area (Å²) in [6.45, 7) is 7.97. The molecule has 2 aromatic heterocycles. The number of hydrogen-bond donors (Lipinski definition) is 2. The molecule has 3 aromatic carbocycles. The Labute approximate surface area is 287 Å². The molecule has 6 rings (SSSR count). The number of rotatable bonds is 4. The van der Waals surface area contributed by atoms with Gasteiger partial charge in [0, 0.05) is 58.1 Å². The van der Waals surface area contributed by atoms with Gasteiger partial charge in [0.05, 0.1) is 16.9 Å². The van der Waals surface area contributed by atoms with Crippen molar-refractivity contribution in [1.82, 2.24) is 19.7 Å². The van der Waals surface area contributed by atoms with Crippen LogP contribution in [0, 0.1) is 23.0 Å². The molecule has 5 aromatic rings. The molecule has 11 heteroatoms. The van der Waals surface area contributed by atoms with E-state index in [0.717, 1.165) is 29.4 Å². The van der Waals surface area contributed by atoms with E-state index in [0.29, 0.717) is 53.5 Å². The topological polar surface area (TPSA) is 110 Å². The normalized spacial score (nSPS) is 20.5. The van der Waals surface area contributed by atoms with Gasteiger partial charge in [-0.25, -0.2) is 18.4 Å². The molecule has 49 heavy (non-hydrogen) atoms. The van der Waals surface area contributed by atoms with Crippen LogP contribution in [0.25, 0.3) is 22.3 Å². The van der Waals surface area contributed by atoms with Crippen molar-refractivity contribution in [2.45, 2.75) is 65.2 Å². The highest BCUT2D eigenvalue weighted by Gasteiger charge is 2.36. The van der Waals surface area contributed by atoms with Crippen LogP contribution in [0.15, 0.2) is 60.8 Å². The van der Waals surface area contributed by atoms with Crippen LogP contribution in [-0.4, -0.2) is 46.5 Å². The Kier molecular flexibility index (Phi) is 9.50. The lowest BCUT2D eigenvalue weighted by Crippen LogP contribution is -2.28. The lowest BCUT2D eigenvalue weighted by Gasteiger charge is -2.30. The minimum atomic E-state index is -1.20. The molecule has 8 nitrogen and oxygen atoms in total. The Morgan fingerprint density at radius 2 is 1.90 bits per heavy atom. The molecule has 0 fully saturated rings. The third kappa shape index (κ3) is 7.18. The van der Waals surface area contributed by atoms with E-state index in [1.165, 1.54) is 24.3 Å². The SMILES string of the molecule is CC(Cc1cccc(C2(C)CCCC(C)(C)CS(=O)CCc3c(c(F)cc4[nH]ccc34)Oc3ccc(F)c(c3)-c3nc2nn3C)c1)C(=O)O. The molecule has 0 amide bonds. The zero-order valence-corrected chi connectivity index (χ0v) is 29.3. The number of carboxylic acid groups (broad SMARTS) is 1. The van der Waals surface area contributed by atoms with Gasteiger partial charge >= 0.3 is 5.97 Å². The molecule has 1 aliphatic heterocycles. The van der Waals surface area contributed by atoms with Crippen LogP contribution >= 0.6 is 0 Å². The van der Waals surface area contributed by atoms with E-state index in [1.54, 1.807) is 24.9 Å². The highest BCUT2D eigenvalue weighted by atomic mass is 32.2. The standard InChI is InChI=1S/C38H42F2N4O4S/c1-23(35(45)46)18-24-8-6-9-25(19-24)38(4)15-7-14-37(2,3)22-49(47)17-13-28-27-12-16-41-32(27)21-31(40)33(28)48-26-10-11-30(39)29(20-26)34-42-36(38)43-44(34)5/h6,8-12,16,19-21,23,41H,7,13-15,17-18,22H2,1-5H3,(H,45,46). The molecule has 2 N–H and O–H groups in total. The molecule has 0 aliphatic carbocycles. The summed E-state index contributed by atoms with van der Waals surface area (Å²) in [6.07, 6.45) is 4.62. The van der Waals surface area contributed by atoms with E-state index in [2.05, 4.69) is 25.8 Å². The van der Waals surface area contributed by atoms with Crippen LogP contribution in [0.2, 0.25) is 0 Å². The lowest BCUT2D eigenvalue weighted by molar-refractivity contribution is -0.141. The number of aryl methyl sites for hydroxylation is 2. The maximum absolute atomic E-state index is 15.7. The van der Waals surface area contributed by atoms with Gasteiger partial charge in [0.15, 0.2) is 23.2 Å². The molecule has 0 radical (unpaired) electrons. The summed E-state index contributed by atoms with van der Waals surface area (Å²) >= 11 is 0. The number of aromatic nitrogens is 4. The summed E-state index contributed by atoms with van der Waals surface area (Å²) in [7, 11) is 0.513. The number of carboxylic acids is 1. The molecule has 0 saturated heterocycles. The summed E-state index contributed by atoms with van der Waals surface area (Å²) in [4.78, 5) is 19.6. The number of aromatic amines is 1. The van der Waals surface area contributed by atoms with Gasteiger partial charge in [-0.05, 0) is 73.4 Å². The van der Waals surface area contributed by atoms with Crippen molar-refractivity contribution >= 4 is 27.7 Å². The molecule has 3 atom stereocenters. The predicted molar refractivity (Wildman–Crippen MR) is 187 cm³/mol. The second-order valence-corrected chi connectivity index (χ2v) is 15.8. The van der Waals surface area contributed by atoms with Crippen molar-refractivity contribution in [3.63, 3.8) is 0 Å². The van der Waals surface area contributed by atoms with Gasteiger partial charge in [-0.1, -0.05) is 51.5 Å². The fourth-order valence-corrected chi connectivity index (χ4v) is 8.47. The van der Waals surface area contributed by atoms with Crippen molar-refractivity contribution in [2.75, 3.05) is 11.5 Å². The van der Waals surface area contributed by atoms with Crippen molar-refractivity contribution in [1.29, 1.82) is 0 Å². The maximum Gasteiger partial charge on any atom is 0.306 e. The first-order valence-electron chi connectivity index (χ1n) is 16.6. The van der Waals surface area contributed by atoms with Crippen LogP contribution in [0.1, 0.15) is 69.5 Å². The number of ether oxygens (including phenoxy) is 1. The van der Waals surface area contributed by atoms with E-state index in [4.69, 9.17) is 14.8 Å². The summed E-state index contributed by atoms with van der Waals surface area (Å²) in [5, 5.41) is 15.1. The van der Waals surface area contributed by atoms with Gasteiger partial charge < -0.3 is 14.8 Å². The number of nitrogens with one attached hydrogen (secondary N) is 1. The highest BCUT2D eigenvalue weighted by molar-refractivity contribution is 7.85. The monoisotopic (exact) mass is 688 g/mol. The minimum Gasteiger partial charge on any atom is -0.481 e. The zero-order chi connectivity index (χ0) is 35.1. The first-order valence-corrected chi connectivity index (χ1v) is 18.1. The average molecular weight is 689 g/mol. The Hall–Kier alpha value is -4.38.